The summed E-state index contributed by atoms with van der Waals surface area (Å²) < 4.78 is 20.6. The summed E-state index contributed by atoms with van der Waals surface area (Å²) in [6.07, 6.45) is 3.31. The molecule has 5 aromatic rings. The molecule has 0 atom stereocenters. The Labute approximate surface area is 170 Å². The van der Waals surface area contributed by atoms with Crippen molar-refractivity contribution >= 4 is 27.8 Å². The summed E-state index contributed by atoms with van der Waals surface area (Å²) in [5.41, 5.74) is 2.28. The van der Waals surface area contributed by atoms with Crippen molar-refractivity contribution in [3.63, 3.8) is 0 Å². The lowest BCUT2D eigenvalue weighted by Crippen LogP contribution is -2.13. The van der Waals surface area contributed by atoms with Gasteiger partial charge in [0.2, 0.25) is 5.43 Å². The Morgan fingerprint density at radius 1 is 1.10 bits per heavy atom. The zero-order valence-electron chi connectivity index (χ0n) is 16.1. The zero-order valence-corrected chi connectivity index (χ0v) is 16.1. The van der Waals surface area contributed by atoms with Crippen LogP contribution >= 0.6 is 0 Å². The third-order valence-electron chi connectivity index (χ3n) is 5.10. The van der Waals surface area contributed by atoms with Gasteiger partial charge in [0.05, 0.1) is 22.9 Å². The number of H-pyrrole nitrogens is 1. The first-order valence-electron chi connectivity index (χ1n) is 9.45. The lowest BCUT2D eigenvalue weighted by Gasteiger charge is -2.12. The Morgan fingerprint density at radius 2 is 1.90 bits per heavy atom. The van der Waals surface area contributed by atoms with E-state index >= 15 is 0 Å². The summed E-state index contributed by atoms with van der Waals surface area (Å²) in [5.74, 6) is 0.463. The summed E-state index contributed by atoms with van der Waals surface area (Å²) in [5, 5.41) is 4.49. The molecule has 0 fully saturated rings. The van der Waals surface area contributed by atoms with Gasteiger partial charge in [-0.2, -0.15) is 0 Å². The molecule has 148 valence electrons. The van der Waals surface area contributed by atoms with Crippen molar-refractivity contribution in [3.05, 3.63) is 88.4 Å². The van der Waals surface area contributed by atoms with E-state index in [4.69, 9.17) is 4.42 Å². The summed E-state index contributed by atoms with van der Waals surface area (Å²) in [7, 11) is 0. The highest BCUT2D eigenvalue weighted by Crippen LogP contribution is 2.28. The molecule has 0 aliphatic carbocycles. The number of fused-ring (bicyclic) bond motifs is 2. The van der Waals surface area contributed by atoms with E-state index in [1.54, 1.807) is 42.5 Å². The number of benzene rings is 2. The van der Waals surface area contributed by atoms with E-state index in [9.17, 15) is 9.18 Å². The molecule has 0 aliphatic rings. The first-order chi connectivity index (χ1) is 14.6. The minimum atomic E-state index is -0.479. The molecule has 0 radical (unpaired) electrons. The highest BCUT2D eigenvalue weighted by atomic mass is 19.1. The Hall–Kier alpha value is -4.00. The molecule has 30 heavy (non-hydrogen) atoms. The molecule has 0 bridgehead atoms. The first kappa shape index (κ1) is 18.1. The van der Waals surface area contributed by atoms with E-state index < -0.39 is 5.82 Å². The van der Waals surface area contributed by atoms with Crippen LogP contribution in [0, 0.1) is 12.7 Å². The minimum Gasteiger partial charge on any atom is -0.458 e. The standard InChI is InChI=1S/C23H17FN4O2/c1-13-10-25-22-19(13)23(28-12-27-22)26-11-18-20(14-6-2-4-8-16(14)24)21(29)15-7-3-5-9-17(15)30-18/h2-10,12H,11H2,1H3,(H2,25,26,27,28). The van der Waals surface area contributed by atoms with Crippen LogP contribution < -0.4 is 10.7 Å². The van der Waals surface area contributed by atoms with Crippen LogP contribution in [0.25, 0.3) is 33.1 Å². The van der Waals surface area contributed by atoms with Crippen molar-refractivity contribution in [2.75, 3.05) is 5.32 Å². The molecule has 0 spiro atoms. The van der Waals surface area contributed by atoms with Gasteiger partial charge in [0, 0.05) is 11.8 Å². The van der Waals surface area contributed by atoms with Crippen LogP contribution in [0.5, 0.6) is 0 Å². The summed E-state index contributed by atoms with van der Waals surface area (Å²) >= 11 is 0. The quantitative estimate of drug-likeness (QED) is 0.453. The molecule has 0 amide bonds. The smallest absolute Gasteiger partial charge is 0.200 e. The Bertz CT molecular complexity index is 1460. The lowest BCUT2D eigenvalue weighted by molar-refractivity contribution is 0.546. The topological polar surface area (TPSA) is 83.8 Å². The van der Waals surface area contributed by atoms with Crippen molar-refractivity contribution in [2.45, 2.75) is 13.5 Å². The Kier molecular flexibility index (Phi) is 4.28. The lowest BCUT2D eigenvalue weighted by atomic mass is 10.0. The molecule has 5 rings (SSSR count). The minimum absolute atomic E-state index is 0.153. The van der Waals surface area contributed by atoms with E-state index in [1.165, 1.54) is 12.4 Å². The van der Waals surface area contributed by atoms with Crippen molar-refractivity contribution in [3.8, 4) is 11.1 Å². The van der Waals surface area contributed by atoms with Gasteiger partial charge in [0.25, 0.3) is 0 Å². The average Bonchev–Trinajstić information content (AvgIpc) is 3.15. The van der Waals surface area contributed by atoms with E-state index in [2.05, 4.69) is 20.3 Å². The second kappa shape index (κ2) is 7.11. The molecule has 2 aromatic carbocycles. The fraction of sp³-hybridized carbons (Fsp3) is 0.0870. The predicted molar refractivity (Wildman–Crippen MR) is 114 cm³/mol. The monoisotopic (exact) mass is 400 g/mol. The summed E-state index contributed by atoms with van der Waals surface area (Å²) in [6.45, 7) is 2.11. The molecule has 3 heterocycles. The SMILES string of the molecule is Cc1c[nH]c2ncnc(NCc3oc4ccccc4c(=O)c3-c3ccccc3F)c12. The van der Waals surface area contributed by atoms with Gasteiger partial charge in [-0.05, 0) is 30.7 Å². The summed E-state index contributed by atoms with van der Waals surface area (Å²) in [4.78, 5) is 24.9. The fourth-order valence-corrected chi connectivity index (χ4v) is 3.66. The Morgan fingerprint density at radius 3 is 2.77 bits per heavy atom. The molecule has 7 heteroatoms. The summed E-state index contributed by atoms with van der Waals surface area (Å²) in [6, 6.07) is 13.2. The van der Waals surface area contributed by atoms with Crippen LogP contribution in [-0.4, -0.2) is 15.0 Å². The average molecular weight is 400 g/mol. The van der Waals surface area contributed by atoms with Crippen LogP contribution in [0.2, 0.25) is 0 Å². The first-order valence-corrected chi connectivity index (χ1v) is 9.45. The third kappa shape index (κ3) is 2.91. The molecule has 0 aliphatic heterocycles. The normalized spacial score (nSPS) is 11.3. The number of nitrogens with one attached hydrogen (secondary N) is 2. The Balaban J connectivity index is 1.66. The van der Waals surface area contributed by atoms with E-state index in [0.717, 1.165) is 10.9 Å². The molecule has 2 N–H and O–H groups in total. The van der Waals surface area contributed by atoms with Crippen molar-refractivity contribution in [2.24, 2.45) is 0 Å². The number of rotatable bonds is 4. The number of aromatic amines is 1. The maximum absolute atomic E-state index is 14.6. The molecule has 3 aromatic heterocycles. The van der Waals surface area contributed by atoms with Gasteiger partial charge >= 0.3 is 0 Å². The van der Waals surface area contributed by atoms with E-state index in [1.807, 2.05) is 13.1 Å². The number of aryl methyl sites for hydroxylation is 1. The highest BCUT2D eigenvalue weighted by Gasteiger charge is 2.19. The van der Waals surface area contributed by atoms with Gasteiger partial charge in [0.1, 0.15) is 35.0 Å². The molecule has 6 nitrogen and oxygen atoms in total. The zero-order chi connectivity index (χ0) is 20.7. The number of aromatic nitrogens is 3. The van der Waals surface area contributed by atoms with Crippen molar-refractivity contribution in [1.29, 1.82) is 0 Å². The van der Waals surface area contributed by atoms with Crippen LogP contribution in [0.15, 0.2) is 70.3 Å². The fourth-order valence-electron chi connectivity index (χ4n) is 3.66. The van der Waals surface area contributed by atoms with E-state index in [-0.39, 0.29) is 23.1 Å². The number of nitrogens with zero attached hydrogens (tertiary/aromatic N) is 2. The number of para-hydroxylation sites is 1. The van der Waals surface area contributed by atoms with Crippen molar-refractivity contribution in [1.82, 2.24) is 15.0 Å². The van der Waals surface area contributed by atoms with Crippen LogP contribution in [0.3, 0.4) is 0 Å². The van der Waals surface area contributed by atoms with Gasteiger partial charge < -0.3 is 14.7 Å². The number of hydrogen-bond donors (Lipinski definition) is 2. The van der Waals surface area contributed by atoms with Crippen molar-refractivity contribution < 1.29 is 8.81 Å². The van der Waals surface area contributed by atoms with Crippen LogP contribution in [-0.2, 0) is 6.54 Å². The van der Waals surface area contributed by atoms with Crippen LogP contribution in [0.4, 0.5) is 10.2 Å². The molecule has 0 saturated carbocycles. The molecule has 0 unspecified atom stereocenters. The van der Waals surface area contributed by atoms with Gasteiger partial charge in [-0.3, -0.25) is 4.79 Å². The largest absolute Gasteiger partial charge is 0.458 e. The number of halogens is 1. The highest BCUT2D eigenvalue weighted by molar-refractivity contribution is 5.90. The van der Waals surface area contributed by atoms with Gasteiger partial charge in [-0.25, -0.2) is 14.4 Å². The maximum atomic E-state index is 14.6. The van der Waals surface area contributed by atoms with Gasteiger partial charge in [-0.1, -0.05) is 30.3 Å². The third-order valence-corrected chi connectivity index (χ3v) is 5.10. The van der Waals surface area contributed by atoms with Gasteiger partial charge in [-0.15, -0.1) is 0 Å². The van der Waals surface area contributed by atoms with E-state index in [0.29, 0.717) is 28.2 Å². The number of hydrogen-bond acceptors (Lipinski definition) is 5. The molecule has 0 saturated heterocycles. The second-order valence-electron chi connectivity index (χ2n) is 6.98. The van der Waals surface area contributed by atoms with Crippen LogP contribution in [0.1, 0.15) is 11.3 Å². The second-order valence-corrected chi connectivity index (χ2v) is 6.98. The van der Waals surface area contributed by atoms with Gasteiger partial charge in [0.15, 0.2) is 0 Å². The molecular weight excluding hydrogens is 383 g/mol. The maximum Gasteiger partial charge on any atom is 0.200 e. The molecular formula is C23H17FN4O2. The predicted octanol–water partition coefficient (Wildman–Crippen LogP) is 4.79. The number of anilines is 1.